The summed E-state index contributed by atoms with van der Waals surface area (Å²) in [6.07, 6.45) is 8.62. The standard InChI is InChI=1S/C14H17N3O2/c1-2-3-13(18)17-11-4-6-12(7-5-11)19-14-10-15-8-9-16-14/h8-12H,4-7H2,1H3,(H,17,18). The van der Waals surface area contributed by atoms with Crippen LogP contribution in [-0.2, 0) is 4.79 Å². The van der Waals surface area contributed by atoms with Gasteiger partial charge in [-0.15, -0.1) is 0 Å². The lowest BCUT2D eigenvalue weighted by atomic mass is 9.93. The van der Waals surface area contributed by atoms with E-state index in [0.29, 0.717) is 5.88 Å². The molecule has 0 bridgehead atoms. The Bertz CT molecular complexity index is 470. The van der Waals surface area contributed by atoms with E-state index in [1.54, 1.807) is 25.5 Å². The van der Waals surface area contributed by atoms with Gasteiger partial charge in [-0.05, 0) is 38.5 Å². The summed E-state index contributed by atoms with van der Waals surface area (Å²) >= 11 is 0. The SMILES string of the molecule is CC#CC(=O)NC1CCC(Oc2cnccn2)CC1. The van der Waals surface area contributed by atoms with Gasteiger partial charge in [0, 0.05) is 18.4 Å². The predicted molar refractivity (Wildman–Crippen MR) is 70.3 cm³/mol. The molecule has 2 rings (SSSR count). The lowest BCUT2D eigenvalue weighted by Crippen LogP contribution is -2.39. The van der Waals surface area contributed by atoms with E-state index in [2.05, 4.69) is 27.1 Å². The maximum Gasteiger partial charge on any atom is 0.296 e. The van der Waals surface area contributed by atoms with Crippen molar-refractivity contribution in [2.75, 3.05) is 0 Å². The topological polar surface area (TPSA) is 64.1 Å². The molecule has 0 radical (unpaired) electrons. The van der Waals surface area contributed by atoms with E-state index in [1.807, 2.05) is 0 Å². The van der Waals surface area contributed by atoms with Crippen molar-refractivity contribution in [1.82, 2.24) is 15.3 Å². The molecular weight excluding hydrogens is 242 g/mol. The van der Waals surface area contributed by atoms with Crippen LogP contribution in [0.25, 0.3) is 0 Å². The summed E-state index contributed by atoms with van der Waals surface area (Å²) in [7, 11) is 0. The Hall–Kier alpha value is -2.09. The van der Waals surface area contributed by atoms with Gasteiger partial charge in [0.05, 0.1) is 6.20 Å². The van der Waals surface area contributed by atoms with Crippen LogP contribution < -0.4 is 10.1 Å². The second-order valence-corrected chi connectivity index (χ2v) is 4.48. The van der Waals surface area contributed by atoms with Crippen molar-refractivity contribution >= 4 is 5.91 Å². The Morgan fingerprint density at radius 3 is 2.79 bits per heavy atom. The van der Waals surface area contributed by atoms with Gasteiger partial charge in [0.1, 0.15) is 6.10 Å². The minimum atomic E-state index is -0.194. The number of carbonyl (C=O) groups excluding carboxylic acids is 1. The zero-order valence-corrected chi connectivity index (χ0v) is 10.9. The van der Waals surface area contributed by atoms with E-state index in [-0.39, 0.29) is 18.1 Å². The van der Waals surface area contributed by atoms with Gasteiger partial charge < -0.3 is 10.1 Å². The van der Waals surface area contributed by atoms with Crippen LogP contribution in [0.2, 0.25) is 0 Å². The van der Waals surface area contributed by atoms with Gasteiger partial charge >= 0.3 is 0 Å². The Morgan fingerprint density at radius 2 is 2.16 bits per heavy atom. The Balaban J connectivity index is 1.76. The molecule has 0 aliphatic heterocycles. The van der Waals surface area contributed by atoms with Crippen molar-refractivity contribution in [3.8, 4) is 17.7 Å². The quantitative estimate of drug-likeness (QED) is 0.831. The van der Waals surface area contributed by atoms with E-state index in [0.717, 1.165) is 25.7 Å². The molecule has 1 aliphatic carbocycles. The number of aromatic nitrogens is 2. The molecule has 1 heterocycles. The van der Waals surface area contributed by atoms with Crippen molar-refractivity contribution in [2.45, 2.75) is 44.8 Å². The second kappa shape index (κ2) is 6.74. The average Bonchev–Trinajstić information content (AvgIpc) is 2.42. The van der Waals surface area contributed by atoms with Crippen LogP contribution in [0.5, 0.6) is 5.88 Å². The Morgan fingerprint density at radius 1 is 1.37 bits per heavy atom. The average molecular weight is 259 g/mol. The van der Waals surface area contributed by atoms with Crippen LogP contribution in [0.15, 0.2) is 18.6 Å². The summed E-state index contributed by atoms with van der Waals surface area (Å²) in [6.45, 7) is 1.66. The van der Waals surface area contributed by atoms with Gasteiger partial charge in [-0.3, -0.25) is 9.78 Å². The smallest absolute Gasteiger partial charge is 0.296 e. The summed E-state index contributed by atoms with van der Waals surface area (Å²) in [5.74, 6) is 5.46. The molecule has 5 heteroatoms. The molecule has 1 amide bonds. The van der Waals surface area contributed by atoms with Crippen molar-refractivity contribution in [2.24, 2.45) is 0 Å². The first kappa shape index (κ1) is 13.3. The van der Waals surface area contributed by atoms with Gasteiger partial charge in [-0.1, -0.05) is 5.92 Å². The number of hydrogen-bond donors (Lipinski definition) is 1. The minimum absolute atomic E-state index is 0.155. The molecule has 1 fully saturated rings. The molecule has 1 N–H and O–H groups in total. The summed E-state index contributed by atoms with van der Waals surface area (Å²) in [4.78, 5) is 19.4. The minimum Gasteiger partial charge on any atom is -0.473 e. The fourth-order valence-corrected chi connectivity index (χ4v) is 2.18. The fraction of sp³-hybridized carbons (Fsp3) is 0.500. The highest BCUT2D eigenvalue weighted by Crippen LogP contribution is 2.22. The van der Waals surface area contributed by atoms with Crippen LogP contribution in [0.4, 0.5) is 0 Å². The molecule has 0 spiro atoms. The normalized spacial score (nSPS) is 21.9. The van der Waals surface area contributed by atoms with Crippen molar-refractivity contribution in [3.63, 3.8) is 0 Å². The first-order valence-corrected chi connectivity index (χ1v) is 6.44. The van der Waals surface area contributed by atoms with Gasteiger partial charge in [-0.2, -0.15) is 0 Å². The molecule has 19 heavy (non-hydrogen) atoms. The van der Waals surface area contributed by atoms with E-state index in [1.165, 1.54) is 0 Å². The van der Waals surface area contributed by atoms with Gasteiger partial charge in [0.25, 0.3) is 5.91 Å². The third kappa shape index (κ3) is 4.25. The monoisotopic (exact) mass is 259 g/mol. The lowest BCUT2D eigenvalue weighted by molar-refractivity contribution is -0.116. The van der Waals surface area contributed by atoms with Gasteiger partial charge in [-0.25, -0.2) is 4.98 Å². The van der Waals surface area contributed by atoms with Crippen molar-refractivity contribution in [3.05, 3.63) is 18.6 Å². The molecule has 100 valence electrons. The molecule has 1 aliphatic rings. The highest BCUT2D eigenvalue weighted by Gasteiger charge is 2.23. The number of ether oxygens (including phenoxy) is 1. The molecule has 0 unspecified atom stereocenters. The molecule has 1 aromatic heterocycles. The number of nitrogens with one attached hydrogen (secondary N) is 1. The number of hydrogen-bond acceptors (Lipinski definition) is 4. The lowest BCUT2D eigenvalue weighted by Gasteiger charge is -2.28. The number of amides is 1. The Labute approximate surface area is 112 Å². The van der Waals surface area contributed by atoms with Crippen molar-refractivity contribution in [1.29, 1.82) is 0 Å². The van der Waals surface area contributed by atoms with E-state index in [4.69, 9.17) is 4.74 Å². The largest absolute Gasteiger partial charge is 0.473 e. The second-order valence-electron chi connectivity index (χ2n) is 4.48. The summed E-state index contributed by atoms with van der Waals surface area (Å²) in [6, 6.07) is 0.204. The fourth-order valence-electron chi connectivity index (χ4n) is 2.18. The van der Waals surface area contributed by atoms with Crippen molar-refractivity contribution < 1.29 is 9.53 Å². The molecule has 1 aromatic rings. The number of nitrogens with zero attached hydrogens (tertiary/aromatic N) is 2. The number of rotatable bonds is 3. The van der Waals surface area contributed by atoms with Crippen LogP contribution in [-0.4, -0.2) is 28.0 Å². The number of carbonyl (C=O) groups is 1. The molecule has 5 nitrogen and oxygen atoms in total. The molecule has 1 saturated carbocycles. The summed E-state index contributed by atoms with van der Waals surface area (Å²) < 4.78 is 5.74. The van der Waals surface area contributed by atoms with E-state index >= 15 is 0 Å². The maximum absolute atomic E-state index is 11.3. The molecule has 0 saturated heterocycles. The third-order valence-corrected chi connectivity index (χ3v) is 3.07. The zero-order valence-electron chi connectivity index (χ0n) is 10.9. The predicted octanol–water partition coefficient (Wildman–Crippen LogP) is 1.31. The van der Waals surface area contributed by atoms with Gasteiger partial charge in [0.2, 0.25) is 5.88 Å². The first-order chi connectivity index (χ1) is 9.28. The van der Waals surface area contributed by atoms with Crippen LogP contribution in [0.1, 0.15) is 32.6 Å². The van der Waals surface area contributed by atoms with Gasteiger partial charge in [0.15, 0.2) is 0 Å². The highest BCUT2D eigenvalue weighted by molar-refractivity contribution is 5.93. The maximum atomic E-state index is 11.3. The van der Waals surface area contributed by atoms with E-state index in [9.17, 15) is 4.79 Å². The van der Waals surface area contributed by atoms with Crippen LogP contribution >= 0.6 is 0 Å². The Kier molecular flexibility index (Phi) is 4.73. The molecule has 0 atom stereocenters. The first-order valence-electron chi connectivity index (χ1n) is 6.44. The van der Waals surface area contributed by atoms with Crippen LogP contribution in [0, 0.1) is 11.8 Å². The molecule has 0 aromatic carbocycles. The van der Waals surface area contributed by atoms with E-state index < -0.39 is 0 Å². The zero-order chi connectivity index (χ0) is 13.5. The summed E-state index contributed by atoms with van der Waals surface area (Å²) in [5, 5.41) is 2.91. The third-order valence-electron chi connectivity index (χ3n) is 3.07. The summed E-state index contributed by atoms with van der Waals surface area (Å²) in [5.41, 5.74) is 0. The molecular formula is C14H17N3O2. The highest BCUT2D eigenvalue weighted by atomic mass is 16.5. The van der Waals surface area contributed by atoms with Crippen LogP contribution in [0.3, 0.4) is 0 Å².